The number of esters is 1. The number of carbonyl (C=O) groups excluding carboxylic acids is 2. The Morgan fingerprint density at radius 2 is 1.67 bits per heavy atom. The van der Waals surface area contributed by atoms with E-state index in [9.17, 15) is 9.59 Å². The van der Waals surface area contributed by atoms with Gasteiger partial charge >= 0.3 is 5.97 Å². The lowest BCUT2D eigenvalue weighted by molar-refractivity contribution is -0.142. The van der Waals surface area contributed by atoms with Gasteiger partial charge in [-0.3, -0.25) is 9.59 Å². The lowest BCUT2D eigenvalue weighted by Crippen LogP contribution is -2.28. The third-order valence-corrected chi connectivity index (χ3v) is 2.78. The Morgan fingerprint density at radius 1 is 1.11 bits per heavy atom. The van der Waals surface area contributed by atoms with E-state index in [0.717, 1.165) is 0 Å². The highest BCUT2D eigenvalue weighted by Crippen LogP contribution is 2.27. The number of carbonyl (C=O) groups is 2. The number of ketones is 1. The van der Waals surface area contributed by atoms with Crippen molar-refractivity contribution in [3.63, 3.8) is 0 Å². The third kappa shape index (κ3) is 3.32. The maximum absolute atomic E-state index is 12.3. The van der Waals surface area contributed by atoms with Gasteiger partial charge in [0, 0.05) is 11.0 Å². The number of ether oxygens (including phenoxy) is 2. The monoisotopic (exact) mass is 250 g/mol. The van der Waals surface area contributed by atoms with Crippen LogP contribution in [0.4, 0.5) is 0 Å². The van der Waals surface area contributed by atoms with Gasteiger partial charge in [0.25, 0.3) is 0 Å². The van der Waals surface area contributed by atoms with E-state index in [1.54, 1.807) is 45.2 Å². The molecule has 0 saturated carbocycles. The molecule has 0 heterocycles. The normalized spacial score (nSPS) is 10.9. The van der Waals surface area contributed by atoms with E-state index in [0.29, 0.717) is 11.3 Å². The standard InChI is InChI=1S/C14H18O4/c1-14(2,9-12(15)18-4)13(16)10-5-7-11(17-3)8-6-10/h5-8H,9H2,1-4H3. The Morgan fingerprint density at radius 3 is 2.11 bits per heavy atom. The second kappa shape index (κ2) is 5.67. The molecule has 1 aromatic carbocycles. The van der Waals surface area contributed by atoms with Crippen molar-refractivity contribution in [3.8, 4) is 5.75 Å². The molecule has 0 fully saturated rings. The highest BCUT2D eigenvalue weighted by Gasteiger charge is 2.31. The molecule has 0 aromatic heterocycles. The fraction of sp³-hybridized carbons (Fsp3) is 0.429. The highest BCUT2D eigenvalue weighted by molar-refractivity contribution is 6.01. The average molecular weight is 250 g/mol. The van der Waals surface area contributed by atoms with Crippen molar-refractivity contribution in [2.75, 3.05) is 14.2 Å². The van der Waals surface area contributed by atoms with Gasteiger partial charge in [0.15, 0.2) is 5.78 Å². The molecule has 0 amide bonds. The smallest absolute Gasteiger partial charge is 0.306 e. The molecule has 0 unspecified atom stereocenters. The SMILES string of the molecule is COC(=O)CC(C)(C)C(=O)c1ccc(OC)cc1. The predicted octanol–water partition coefficient (Wildman–Crippen LogP) is 2.47. The number of methoxy groups -OCH3 is 2. The van der Waals surface area contributed by atoms with E-state index >= 15 is 0 Å². The van der Waals surface area contributed by atoms with Crippen molar-refractivity contribution in [1.82, 2.24) is 0 Å². The molecule has 0 saturated heterocycles. The fourth-order valence-electron chi connectivity index (χ4n) is 1.65. The number of hydrogen-bond donors (Lipinski definition) is 0. The first-order valence-electron chi connectivity index (χ1n) is 5.66. The predicted molar refractivity (Wildman–Crippen MR) is 67.7 cm³/mol. The van der Waals surface area contributed by atoms with Crippen molar-refractivity contribution in [3.05, 3.63) is 29.8 Å². The Balaban J connectivity index is 2.87. The van der Waals surface area contributed by atoms with Gasteiger partial charge < -0.3 is 9.47 Å². The van der Waals surface area contributed by atoms with Gasteiger partial charge in [-0.1, -0.05) is 13.8 Å². The van der Waals surface area contributed by atoms with Gasteiger partial charge in [-0.2, -0.15) is 0 Å². The van der Waals surface area contributed by atoms with Crippen molar-refractivity contribution >= 4 is 11.8 Å². The molecule has 98 valence electrons. The van der Waals surface area contributed by atoms with Crippen molar-refractivity contribution < 1.29 is 19.1 Å². The van der Waals surface area contributed by atoms with Crippen molar-refractivity contribution in [1.29, 1.82) is 0 Å². The van der Waals surface area contributed by atoms with E-state index in [-0.39, 0.29) is 18.2 Å². The van der Waals surface area contributed by atoms with Crippen LogP contribution in [0.1, 0.15) is 30.6 Å². The van der Waals surface area contributed by atoms with Crippen LogP contribution in [-0.4, -0.2) is 26.0 Å². The fourth-order valence-corrected chi connectivity index (χ4v) is 1.65. The Labute approximate surface area is 107 Å². The van der Waals surface area contributed by atoms with Crippen molar-refractivity contribution in [2.45, 2.75) is 20.3 Å². The summed E-state index contributed by atoms with van der Waals surface area (Å²) in [6, 6.07) is 6.84. The molecule has 18 heavy (non-hydrogen) atoms. The lowest BCUT2D eigenvalue weighted by Gasteiger charge is -2.21. The molecule has 1 aromatic rings. The van der Waals surface area contributed by atoms with Gasteiger partial charge in [-0.25, -0.2) is 0 Å². The maximum Gasteiger partial charge on any atom is 0.306 e. The first kappa shape index (κ1) is 14.2. The quantitative estimate of drug-likeness (QED) is 0.595. The van der Waals surface area contributed by atoms with E-state index < -0.39 is 5.41 Å². The summed E-state index contributed by atoms with van der Waals surface area (Å²) in [5, 5.41) is 0. The van der Waals surface area contributed by atoms with Crippen molar-refractivity contribution in [2.24, 2.45) is 5.41 Å². The zero-order chi connectivity index (χ0) is 13.8. The molecule has 1 rings (SSSR count). The van der Waals surface area contributed by atoms with Crippen LogP contribution in [0.25, 0.3) is 0 Å². The molecular formula is C14H18O4. The van der Waals surface area contributed by atoms with Crippen LogP contribution >= 0.6 is 0 Å². The molecule has 4 heteroatoms. The van der Waals surface area contributed by atoms with Crippen LogP contribution in [0.5, 0.6) is 5.75 Å². The van der Waals surface area contributed by atoms with Gasteiger partial charge in [0.1, 0.15) is 5.75 Å². The van der Waals surface area contributed by atoms with Crippen LogP contribution in [0.15, 0.2) is 24.3 Å². The topological polar surface area (TPSA) is 52.6 Å². The molecule has 4 nitrogen and oxygen atoms in total. The van der Waals surface area contributed by atoms with Crippen LogP contribution in [0, 0.1) is 5.41 Å². The molecule has 0 atom stereocenters. The summed E-state index contributed by atoms with van der Waals surface area (Å²) in [6.07, 6.45) is 0.0639. The molecule has 0 aliphatic heterocycles. The van der Waals surface area contributed by atoms with Gasteiger partial charge in [0.2, 0.25) is 0 Å². The lowest BCUT2D eigenvalue weighted by atomic mass is 9.81. The zero-order valence-electron chi connectivity index (χ0n) is 11.1. The Kier molecular flexibility index (Phi) is 4.48. The summed E-state index contributed by atoms with van der Waals surface area (Å²) in [4.78, 5) is 23.5. The first-order chi connectivity index (χ1) is 8.40. The first-order valence-corrected chi connectivity index (χ1v) is 5.66. The van der Waals surface area contributed by atoms with E-state index in [4.69, 9.17) is 4.74 Å². The van der Waals surface area contributed by atoms with E-state index in [2.05, 4.69) is 4.74 Å². The van der Waals surface area contributed by atoms with Crippen LogP contribution < -0.4 is 4.74 Å². The largest absolute Gasteiger partial charge is 0.497 e. The van der Waals surface area contributed by atoms with Crippen LogP contribution in [-0.2, 0) is 9.53 Å². The second-order valence-electron chi connectivity index (χ2n) is 4.69. The van der Waals surface area contributed by atoms with Crippen LogP contribution in [0.2, 0.25) is 0 Å². The minimum Gasteiger partial charge on any atom is -0.497 e. The molecule has 0 radical (unpaired) electrons. The second-order valence-corrected chi connectivity index (χ2v) is 4.69. The molecule has 0 N–H and O–H groups in total. The summed E-state index contributed by atoms with van der Waals surface area (Å²) < 4.78 is 9.63. The molecular weight excluding hydrogens is 232 g/mol. The van der Waals surface area contributed by atoms with Gasteiger partial charge in [-0.05, 0) is 24.3 Å². The van der Waals surface area contributed by atoms with Crippen LogP contribution in [0.3, 0.4) is 0 Å². The Bertz CT molecular complexity index is 432. The zero-order valence-corrected chi connectivity index (χ0v) is 11.1. The average Bonchev–Trinajstić information content (AvgIpc) is 2.37. The number of hydrogen-bond acceptors (Lipinski definition) is 4. The van der Waals surface area contributed by atoms with E-state index in [1.165, 1.54) is 7.11 Å². The Hall–Kier alpha value is -1.84. The number of benzene rings is 1. The highest BCUT2D eigenvalue weighted by atomic mass is 16.5. The van der Waals surface area contributed by atoms with Gasteiger partial charge in [-0.15, -0.1) is 0 Å². The number of rotatable bonds is 5. The molecule has 0 aliphatic carbocycles. The maximum atomic E-state index is 12.3. The summed E-state index contributed by atoms with van der Waals surface area (Å²) in [7, 11) is 2.88. The minimum absolute atomic E-state index is 0.0639. The summed E-state index contributed by atoms with van der Waals surface area (Å²) in [5.74, 6) is 0.217. The number of Topliss-reactive ketones (excluding diaryl/α,β-unsaturated/α-hetero) is 1. The molecule has 0 aliphatic rings. The van der Waals surface area contributed by atoms with Gasteiger partial charge in [0.05, 0.1) is 20.6 Å². The molecule has 0 spiro atoms. The minimum atomic E-state index is -0.776. The third-order valence-electron chi connectivity index (χ3n) is 2.78. The summed E-state index contributed by atoms with van der Waals surface area (Å²) >= 11 is 0. The summed E-state index contributed by atoms with van der Waals surface area (Å²) in [6.45, 7) is 3.47. The molecule has 0 bridgehead atoms. The summed E-state index contributed by atoms with van der Waals surface area (Å²) in [5.41, 5.74) is -0.216. The van der Waals surface area contributed by atoms with E-state index in [1.807, 2.05) is 0 Å².